The average Bonchev–Trinajstić information content (AvgIpc) is 2.34. The Bertz CT molecular complexity index is 246. The molecule has 0 unspecified atom stereocenters. The first-order chi connectivity index (χ1) is 8.22. The number of aromatic hydroxyl groups is 1. The Hall–Kier alpha value is -0.181. The second-order valence-corrected chi connectivity index (χ2v) is 8.52. The van der Waals surface area contributed by atoms with Gasteiger partial charge in [-0.1, -0.05) is 18.2 Å². The monoisotopic (exact) mass is 342 g/mol. The Labute approximate surface area is 117 Å². The fourth-order valence-corrected chi connectivity index (χ4v) is 5.45. The second-order valence-electron chi connectivity index (χ2n) is 4.24. The van der Waals surface area contributed by atoms with Crippen molar-refractivity contribution in [3.05, 3.63) is 29.8 Å². The quantitative estimate of drug-likeness (QED) is 0.581. The van der Waals surface area contributed by atoms with Gasteiger partial charge in [0.1, 0.15) is 5.75 Å². The average molecular weight is 341 g/mol. The summed E-state index contributed by atoms with van der Waals surface area (Å²) in [6.07, 6.45) is 5.84. The Balaban J connectivity index is 0.000000302. The molecule has 96 valence electrons. The van der Waals surface area contributed by atoms with Crippen LogP contribution in [-0.2, 0) is 0 Å². The molecule has 0 amide bonds. The third kappa shape index (κ3) is 10.7. The molecule has 1 rings (SSSR count). The number of rotatable bonds is 6. The minimum Gasteiger partial charge on any atom is -0.508 e. The van der Waals surface area contributed by atoms with Gasteiger partial charge >= 0.3 is 69.5 Å². The molecule has 0 saturated heterocycles. The number of para-hydroxylation sites is 1. The van der Waals surface area contributed by atoms with E-state index in [0.717, 1.165) is 5.56 Å². The van der Waals surface area contributed by atoms with E-state index in [2.05, 4.69) is 13.8 Å². The van der Waals surface area contributed by atoms with E-state index in [0.29, 0.717) is 5.75 Å². The Kier molecular flexibility index (Phi) is 12.1. The first-order valence-electron chi connectivity index (χ1n) is 6.67. The molecule has 0 aromatic heterocycles. The van der Waals surface area contributed by atoms with Crippen molar-refractivity contribution in [1.82, 2.24) is 0 Å². The fourth-order valence-electron chi connectivity index (χ4n) is 1.29. The van der Waals surface area contributed by atoms with Crippen molar-refractivity contribution < 1.29 is 5.11 Å². The predicted octanol–water partition coefficient (Wildman–Crippen LogP) is 4.83. The van der Waals surface area contributed by atoms with Gasteiger partial charge in [-0.3, -0.25) is 0 Å². The minimum absolute atomic E-state index is 0.149. The van der Waals surface area contributed by atoms with Crippen LogP contribution in [0, 0.1) is 6.92 Å². The summed E-state index contributed by atoms with van der Waals surface area (Å²) in [5.41, 5.74) is 0.924. The molecule has 0 aliphatic carbocycles. The van der Waals surface area contributed by atoms with Crippen molar-refractivity contribution in [3.8, 4) is 5.75 Å². The van der Waals surface area contributed by atoms with E-state index in [-0.39, 0.29) is 21.1 Å². The summed E-state index contributed by atoms with van der Waals surface area (Å²) >= 11 is 0.149. The van der Waals surface area contributed by atoms with E-state index in [1.807, 2.05) is 25.1 Å². The Morgan fingerprint density at radius 3 is 1.88 bits per heavy atom. The van der Waals surface area contributed by atoms with Gasteiger partial charge in [-0.25, -0.2) is 0 Å². The molecule has 0 fully saturated rings. The van der Waals surface area contributed by atoms with Crippen LogP contribution < -0.4 is 0 Å². The van der Waals surface area contributed by atoms with Gasteiger partial charge in [0.2, 0.25) is 0 Å². The van der Waals surface area contributed by atoms with E-state index in [9.17, 15) is 0 Å². The van der Waals surface area contributed by atoms with E-state index < -0.39 is 0 Å². The Morgan fingerprint density at radius 2 is 1.53 bits per heavy atom. The third-order valence-corrected chi connectivity index (χ3v) is 6.57. The molecule has 0 heterocycles. The number of hydrogen-bond donors (Lipinski definition) is 1. The van der Waals surface area contributed by atoms with Crippen LogP contribution in [0.1, 0.15) is 45.1 Å². The van der Waals surface area contributed by atoms with Gasteiger partial charge in [-0.15, -0.1) is 0 Å². The van der Waals surface area contributed by atoms with Gasteiger partial charge in [0, 0.05) is 0 Å². The van der Waals surface area contributed by atoms with Crippen LogP contribution in [0.25, 0.3) is 0 Å². The van der Waals surface area contributed by atoms with Gasteiger partial charge in [0.05, 0.1) is 0 Å². The van der Waals surface area contributed by atoms with Crippen molar-refractivity contribution in [3.63, 3.8) is 0 Å². The molecular formula is C15H26OSn. The predicted molar refractivity (Wildman–Crippen MR) is 78.0 cm³/mol. The van der Waals surface area contributed by atoms with Crippen molar-refractivity contribution in [2.75, 3.05) is 0 Å². The van der Waals surface area contributed by atoms with Gasteiger partial charge < -0.3 is 5.11 Å². The van der Waals surface area contributed by atoms with Gasteiger partial charge in [0.25, 0.3) is 0 Å². The SMILES string of the molecule is CCC[CH2][Sn][CH2]CCC.Cc1ccccc1O. The number of phenolic OH excluding ortho intramolecular Hbond substituents is 1. The van der Waals surface area contributed by atoms with E-state index >= 15 is 0 Å². The molecule has 2 radical (unpaired) electrons. The van der Waals surface area contributed by atoms with E-state index in [4.69, 9.17) is 5.11 Å². The number of unbranched alkanes of at least 4 members (excludes halogenated alkanes) is 2. The van der Waals surface area contributed by atoms with Gasteiger partial charge in [-0.05, 0) is 18.6 Å². The van der Waals surface area contributed by atoms with Crippen LogP contribution in [-0.4, -0.2) is 26.2 Å². The molecule has 2 heteroatoms. The van der Waals surface area contributed by atoms with Crippen molar-refractivity contribution >= 4 is 21.1 Å². The molecule has 0 aliphatic heterocycles. The number of hydrogen-bond acceptors (Lipinski definition) is 1. The van der Waals surface area contributed by atoms with E-state index in [1.165, 1.54) is 25.7 Å². The molecule has 0 bridgehead atoms. The van der Waals surface area contributed by atoms with E-state index in [1.54, 1.807) is 14.9 Å². The first-order valence-corrected chi connectivity index (χ1v) is 10.7. The molecule has 1 N–H and O–H groups in total. The van der Waals surface area contributed by atoms with Crippen molar-refractivity contribution in [2.45, 2.75) is 55.3 Å². The topological polar surface area (TPSA) is 20.2 Å². The zero-order chi connectivity index (χ0) is 12.9. The number of aryl methyl sites for hydroxylation is 1. The largest absolute Gasteiger partial charge is 0.508 e. The second kappa shape index (κ2) is 12.3. The standard InChI is InChI=1S/C7H8O.2C4H9.Sn/c1-6-4-2-3-5-7(6)8;2*1-3-4-2;/h2-5,8H,1H3;2*1,3-4H2,2H3;. The Morgan fingerprint density at radius 1 is 1.00 bits per heavy atom. The first kappa shape index (κ1) is 16.8. The number of benzene rings is 1. The molecule has 1 aromatic rings. The van der Waals surface area contributed by atoms with Crippen molar-refractivity contribution in [1.29, 1.82) is 0 Å². The maximum absolute atomic E-state index is 8.92. The van der Waals surface area contributed by atoms with Crippen LogP contribution in [0.15, 0.2) is 24.3 Å². The maximum Gasteiger partial charge on any atom is 0.118 e. The fraction of sp³-hybridized carbons (Fsp3) is 0.600. The molecule has 0 saturated carbocycles. The summed E-state index contributed by atoms with van der Waals surface area (Å²) in [5.74, 6) is 0.368. The van der Waals surface area contributed by atoms with Crippen LogP contribution in [0.3, 0.4) is 0 Å². The summed E-state index contributed by atoms with van der Waals surface area (Å²) in [6.45, 7) is 6.45. The summed E-state index contributed by atoms with van der Waals surface area (Å²) in [7, 11) is 0. The summed E-state index contributed by atoms with van der Waals surface area (Å²) in [6, 6.07) is 7.25. The van der Waals surface area contributed by atoms with Gasteiger partial charge in [0.15, 0.2) is 0 Å². The van der Waals surface area contributed by atoms with Crippen LogP contribution in [0.5, 0.6) is 5.75 Å². The van der Waals surface area contributed by atoms with Gasteiger partial charge in [-0.2, -0.15) is 0 Å². The summed E-state index contributed by atoms with van der Waals surface area (Å²) in [5, 5.41) is 8.92. The zero-order valence-electron chi connectivity index (χ0n) is 11.5. The van der Waals surface area contributed by atoms with Crippen LogP contribution >= 0.6 is 0 Å². The third-order valence-electron chi connectivity index (χ3n) is 2.53. The molecule has 1 nitrogen and oxygen atoms in total. The maximum atomic E-state index is 8.92. The van der Waals surface area contributed by atoms with Crippen molar-refractivity contribution in [2.24, 2.45) is 0 Å². The molecule has 0 spiro atoms. The molecular weight excluding hydrogens is 315 g/mol. The minimum atomic E-state index is 0.149. The van der Waals surface area contributed by atoms with Crippen LogP contribution in [0.4, 0.5) is 0 Å². The zero-order valence-corrected chi connectivity index (χ0v) is 14.4. The van der Waals surface area contributed by atoms with Crippen LogP contribution in [0.2, 0.25) is 8.87 Å². The molecule has 0 atom stereocenters. The normalized spacial score (nSPS) is 9.59. The molecule has 17 heavy (non-hydrogen) atoms. The summed E-state index contributed by atoms with van der Waals surface area (Å²) < 4.78 is 3.25. The number of phenols is 1. The summed E-state index contributed by atoms with van der Waals surface area (Å²) in [4.78, 5) is 0. The molecule has 0 aliphatic rings. The molecule has 1 aromatic carbocycles. The smallest absolute Gasteiger partial charge is 0.118 e.